The van der Waals surface area contributed by atoms with Gasteiger partial charge in [-0.05, 0) is 52.7 Å². The molecule has 0 aliphatic carbocycles. The molecule has 0 aliphatic heterocycles. The van der Waals surface area contributed by atoms with Gasteiger partial charge in [0.25, 0.3) is 0 Å². The molecule has 0 fully saturated rings. The zero-order valence-electron chi connectivity index (χ0n) is 11.9. The van der Waals surface area contributed by atoms with Gasteiger partial charge in [-0.25, -0.2) is 0 Å². The van der Waals surface area contributed by atoms with E-state index in [-0.39, 0.29) is 6.04 Å². The number of halogens is 1. The monoisotopic (exact) mass is 334 g/mol. The van der Waals surface area contributed by atoms with Crippen molar-refractivity contribution in [1.29, 1.82) is 0 Å². The molecule has 2 rings (SSSR count). The summed E-state index contributed by atoms with van der Waals surface area (Å²) in [6.07, 6.45) is 0. The van der Waals surface area contributed by atoms with Gasteiger partial charge in [0.1, 0.15) is 5.75 Å². The van der Waals surface area contributed by atoms with Crippen LogP contribution in [0.3, 0.4) is 0 Å². The number of methoxy groups -OCH3 is 1. The minimum Gasteiger partial charge on any atom is -0.497 e. The Balaban J connectivity index is 2.35. The van der Waals surface area contributed by atoms with Gasteiger partial charge in [-0.3, -0.25) is 0 Å². The predicted octanol–water partition coefficient (Wildman–Crippen LogP) is 4.25. The molecule has 2 aromatic carbocycles. The first-order chi connectivity index (χ1) is 9.52. The summed E-state index contributed by atoms with van der Waals surface area (Å²) in [5.41, 5.74) is 9.17. The van der Waals surface area contributed by atoms with Crippen molar-refractivity contribution in [3.8, 4) is 5.75 Å². The first kappa shape index (κ1) is 14.9. The minimum atomic E-state index is 0.0301. The SMILES string of the molecule is COc1cccc(N(C)c2ccc([C@H](C)N)cc2Br)c1. The van der Waals surface area contributed by atoms with Gasteiger partial charge in [-0.15, -0.1) is 0 Å². The first-order valence-corrected chi connectivity index (χ1v) is 7.25. The second kappa shape index (κ2) is 6.29. The summed E-state index contributed by atoms with van der Waals surface area (Å²) in [6, 6.07) is 14.2. The number of hydrogen-bond donors (Lipinski definition) is 1. The molecule has 0 heterocycles. The molecular weight excluding hydrogens is 316 g/mol. The molecule has 3 nitrogen and oxygen atoms in total. The predicted molar refractivity (Wildman–Crippen MR) is 87.8 cm³/mol. The van der Waals surface area contributed by atoms with Crippen molar-refractivity contribution in [2.45, 2.75) is 13.0 Å². The molecule has 0 spiro atoms. The van der Waals surface area contributed by atoms with E-state index >= 15 is 0 Å². The van der Waals surface area contributed by atoms with Gasteiger partial charge in [-0.2, -0.15) is 0 Å². The maximum atomic E-state index is 5.91. The summed E-state index contributed by atoms with van der Waals surface area (Å²) in [7, 11) is 3.70. The van der Waals surface area contributed by atoms with Crippen LogP contribution in [0, 0.1) is 0 Å². The fourth-order valence-electron chi connectivity index (χ4n) is 2.04. The van der Waals surface area contributed by atoms with Crippen molar-refractivity contribution in [1.82, 2.24) is 0 Å². The number of anilines is 2. The minimum absolute atomic E-state index is 0.0301. The average molecular weight is 335 g/mol. The Morgan fingerprint density at radius 2 is 1.95 bits per heavy atom. The van der Waals surface area contributed by atoms with Crippen molar-refractivity contribution in [2.24, 2.45) is 5.73 Å². The number of hydrogen-bond acceptors (Lipinski definition) is 3. The maximum Gasteiger partial charge on any atom is 0.120 e. The highest BCUT2D eigenvalue weighted by molar-refractivity contribution is 9.10. The van der Waals surface area contributed by atoms with Gasteiger partial charge in [0, 0.05) is 29.3 Å². The lowest BCUT2D eigenvalue weighted by Gasteiger charge is -2.22. The lowest BCUT2D eigenvalue weighted by atomic mass is 10.1. The van der Waals surface area contributed by atoms with Crippen LogP contribution in [0.1, 0.15) is 18.5 Å². The van der Waals surface area contributed by atoms with E-state index < -0.39 is 0 Å². The zero-order valence-corrected chi connectivity index (χ0v) is 13.5. The molecular formula is C16H19BrN2O. The van der Waals surface area contributed by atoms with E-state index in [0.717, 1.165) is 27.2 Å². The van der Waals surface area contributed by atoms with E-state index in [1.807, 2.05) is 32.2 Å². The normalized spacial score (nSPS) is 12.1. The quantitative estimate of drug-likeness (QED) is 0.908. The van der Waals surface area contributed by atoms with Crippen LogP contribution >= 0.6 is 15.9 Å². The average Bonchev–Trinajstić information content (AvgIpc) is 2.46. The highest BCUT2D eigenvalue weighted by Crippen LogP contribution is 2.33. The number of nitrogens with zero attached hydrogens (tertiary/aromatic N) is 1. The highest BCUT2D eigenvalue weighted by atomic mass is 79.9. The summed E-state index contributed by atoms with van der Waals surface area (Å²) in [6.45, 7) is 1.98. The molecule has 0 amide bonds. The van der Waals surface area contributed by atoms with Gasteiger partial charge in [0.05, 0.1) is 12.8 Å². The second-order valence-electron chi connectivity index (χ2n) is 4.76. The Kier molecular flexibility index (Phi) is 4.68. The fourth-order valence-corrected chi connectivity index (χ4v) is 2.70. The Bertz CT molecular complexity index is 599. The second-order valence-corrected chi connectivity index (χ2v) is 5.61. The topological polar surface area (TPSA) is 38.5 Å². The molecule has 0 saturated heterocycles. The molecule has 2 N–H and O–H groups in total. The molecule has 4 heteroatoms. The molecule has 2 aromatic rings. The van der Waals surface area contributed by atoms with Gasteiger partial charge in [0.15, 0.2) is 0 Å². The van der Waals surface area contributed by atoms with Crippen LogP contribution in [0.4, 0.5) is 11.4 Å². The molecule has 20 heavy (non-hydrogen) atoms. The van der Waals surface area contributed by atoms with Gasteiger partial charge in [-0.1, -0.05) is 12.1 Å². The van der Waals surface area contributed by atoms with E-state index in [2.05, 4.69) is 45.1 Å². The van der Waals surface area contributed by atoms with Crippen LogP contribution in [0.5, 0.6) is 5.75 Å². The number of nitrogens with two attached hydrogens (primary N) is 1. The Morgan fingerprint density at radius 1 is 1.20 bits per heavy atom. The smallest absolute Gasteiger partial charge is 0.120 e. The number of rotatable bonds is 4. The number of benzene rings is 2. The Labute approximate surface area is 128 Å². The highest BCUT2D eigenvalue weighted by Gasteiger charge is 2.10. The Morgan fingerprint density at radius 3 is 2.55 bits per heavy atom. The molecule has 0 aliphatic rings. The standard InChI is InChI=1S/C16H19BrN2O/c1-11(18)12-7-8-16(15(17)9-12)19(2)13-5-4-6-14(10-13)20-3/h4-11H,18H2,1-3H3/t11-/m0/s1. The molecule has 0 unspecified atom stereocenters. The maximum absolute atomic E-state index is 5.91. The van der Waals surface area contributed by atoms with Gasteiger partial charge < -0.3 is 15.4 Å². The van der Waals surface area contributed by atoms with Gasteiger partial charge >= 0.3 is 0 Å². The molecule has 0 radical (unpaired) electrons. The van der Waals surface area contributed by atoms with Crippen molar-refractivity contribution >= 4 is 27.3 Å². The third-order valence-electron chi connectivity index (χ3n) is 3.30. The van der Waals surface area contributed by atoms with Crippen LogP contribution in [-0.4, -0.2) is 14.2 Å². The summed E-state index contributed by atoms with van der Waals surface area (Å²) >= 11 is 3.62. The summed E-state index contributed by atoms with van der Waals surface area (Å²) in [5.74, 6) is 0.845. The van der Waals surface area contributed by atoms with E-state index in [1.54, 1.807) is 7.11 Å². The largest absolute Gasteiger partial charge is 0.497 e. The number of ether oxygens (including phenoxy) is 1. The van der Waals surface area contributed by atoms with E-state index in [1.165, 1.54) is 0 Å². The summed E-state index contributed by atoms with van der Waals surface area (Å²) in [4.78, 5) is 2.11. The lowest BCUT2D eigenvalue weighted by molar-refractivity contribution is 0.415. The fraction of sp³-hybridized carbons (Fsp3) is 0.250. The lowest BCUT2D eigenvalue weighted by Crippen LogP contribution is -2.11. The van der Waals surface area contributed by atoms with Crippen LogP contribution in [0.2, 0.25) is 0 Å². The van der Waals surface area contributed by atoms with E-state index in [9.17, 15) is 0 Å². The third kappa shape index (κ3) is 3.14. The van der Waals surface area contributed by atoms with E-state index in [0.29, 0.717) is 0 Å². The van der Waals surface area contributed by atoms with Crippen LogP contribution < -0.4 is 15.4 Å². The van der Waals surface area contributed by atoms with Crippen molar-refractivity contribution in [3.05, 3.63) is 52.5 Å². The van der Waals surface area contributed by atoms with Crippen molar-refractivity contribution in [2.75, 3.05) is 19.1 Å². The van der Waals surface area contributed by atoms with E-state index in [4.69, 9.17) is 10.5 Å². The molecule has 0 aromatic heterocycles. The summed E-state index contributed by atoms with van der Waals surface area (Å²) < 4.78 is 6.29. The van der Waals surface area contributed by atoms with Gasteiger partial charge in [0.2, 0.25) is 0 Å². The van der Waals surface area contributed by atoms with Crippen LogP contribution in [-0.2, 0) is 0 Å². The van der Waals surface area contributed by atoms with Crippen molar-refractivity contribution < 1.29 is 4.74 Å². The first-order valence-electron chi connectivity index (χ1n) is 6.45. The third-order valence-corrected chi connectivity index (χ3v) is 3.93. The molecule has 0 bridgehead atoms. The zero-order chi connectivity index (χ0) is 14.7. The molecule has 1 atom stereocenters. The Hall–Kier alpha value is -1.52. The van der Waals surface area contributed by atoms with Crippen LogP contribution in [0.25, 0.3) is 0 Å². The van der Waals surface area contributed by atoms with Crippen molar-refractivity contribution in [3.63, 3.8) is 0 Å². The summed E-state index contributed by atoms with van der Waals surface area (Å²) in [5, 5.41) is 0. The molecule has 0 saturated carbocycles. The molecule has 106 valence electrons. The van der Waals surface area contributed by atoms with Crippen LogP contribution in [0.15, 0.2) is 46.9 Å².